The molecule has 0 spiro atoms. The van der Waals surface area contributed by atoms with Gasteiger partial charge in [-0.15, -0.1) is 11.3 Å². The molecule has 9 heteroatoms. The second kappa shape index (κ2) is 9.17. The van der Waals surface area contributed by atoms with E-state index in [0.29, 0.717) is 43.9 Å². The van der Waals surface area contributed by atoms with Crippen LogP contribution in [0.3, 0.4) is 0 Å². The molecule has 0 radical (unpaired) electrons. The zero-order valence-corrected chi connectivity index (χ0v) is 18.4. The van der Waals surface area contributed by atoms with Crippen molar-refractivity contribution < 1.29 is 9.59 Å². The summed E-state index contributed by atoms with van der Waals surface area (Å²) in [6.45, 7) is 1.74. The lowest BCUT2D eigenvalue weighted by Crippen LogP contribution is -2.14. The number of hydrogen-bond donors (Lipinski definition) is 3. The smallest absolute Gasteiger partial charge is 0.265 e. The van der Waals surface area contributed by atoms with Crippen LogP contribution >= 0.6 is 22.9 Å². The number of benzene rings is 2. The molecule has 0 aliphatic carbocycles. The molecule has 2 aromatic heterocycles. The van der Waals surface area contributed by atoms with Gasteiger partial charge in [0.05, 0.1) is 15.6 Å². The van der Waals surface area contributed by atoms with Crippen LogP contribution in [-0.4, -0.2) is 21.8 Å². The second-order valence-corrected chi connectivity index (χ2v) is 8.25. The molecule has 0 fully saturated rings. The topological polar surface area (TPSA) is 104 Å². The monoisotopic (exact) mass is 464 g/mol. The van der Waals surface area contributed by atoms with Crippen LogP contribution in [0.15, 0.2) is 70.8 Å². The van der Waals surface area contributed by atoms with Crippen LogP contribution in [0.5, 0.6) is 0 Å². The third kappa shape index (κ3) is 4.93. The first-order chi connectivity index (χ1) is 15.4. The maximum Gasteiger partial charge on any atom is 0.265 e. The maximum atomic E-state index is 12.8. The molecular formula is C23H17ClN4O3S. The summed E-state index contributed by atoms with van der Waals surface area (Å²) in [5.74, 6) is -0.265. The molecule has 2 heterocycles. The Morgan fingerprint density at radius 1 is 1.00 bits per heavy atom. The van der Waals surface area contributed by atoms with Gasteiger partial charge in [0.25, 0.3) is 17.4 Å². The number of aryl methyl sites for hydroxylation is 1. The summed E-state index contributed by atoms with van der Waals surface area (Å²) in [4.78, 5) is 44.4. The van der Waals surface area contributed by atoms with E-state index in [1.807, 2.05) is 0 Å². The molecular weight excluding hydrogens is 448 g/mol. The highest BCUT2D eigenvalue weighted by Gasteiger charge is 2.14. The van der Waals surface area contributed by atoms with E-state index >= 15 is 0 Å². The van der Waals surface area contributed by atoms with Crippen molar-refractivity contribution >= 4 is 46.1 Å². The van der Waals surface area contributed by atoms with Gasteiger partial charge in [0.15, 0.2) is 0 Å². The Morgan fingerprint density at radius 2 is 1.84 bits per heavy atom. The lowest BCUT2D eigenvalue weighted by molar-refractivity contribution is 0.101. The molecule has 0 saturated carbocycles. The van der Waals surface area contributed by atoms with Gasteiger partial charge in [-0.2, -0.15) is 0 Å². The molecule has 0 unspecified atom stereocenters. The number of halogens is 1. The van der Waals surface area contributed by atoms with Gasteiger partial charge in [0, 0.05) is 28.6 Å². The first-order valence-corrected chi connectivity index (χ1v) is 10.8. The van der Waals surface area contributed by atoms with Gasteiger partial charge < -0.3 is 15.6 Å². The van der Waals surface area contributed by atoms with E-state index in [2.05, 4.69) is 20.6 Å². The third-order valence-electron chi connectivity index (χ3n) is 4.49. The van der Waals surface area contributed by atoms with Crippen LogP contribution in [0, 0.1) is 6.92 Å². The number of anilines is 2. The van der Waals surface area contributed by atoms with E-state index in [1.54, 1.807) is 60.8 Å². The van der Waals surface area contributed by atoms with E-state index < -0.39 is 0 Å². The summed E-state index contributed by atoms with van der Waals surface area (Å²) in [5.41, 5.74) is 2.19. The largest absolute Gasteiger partial charge is 0.322 e. The predicted octanol–water partition coefficient (Wildman–Crippen LogP) is 4.96. The number of nitrogens with one attached hydrogen (secondary N) is 3. The Balaban J connectivity index is 1.54. The van der Waals surface area contributed by atoms with Crippen LogP contribution in [0.2, 0.25) is 5.02 Å². The normalized spacial score (nSPS) is 10.6. The fourth-order valence-corrected chi connectivity index (χ4v) is 3.80. The molecule has 4 aromatic rings. The first-order valence-electron chi connectivity index (χ1n) is 9.53. The first kappa shape index (κ1) is 21.5. The van der Waals surface area contributed by atoms with Gasteiger partial charge in [-0.05, 0) is 48.7 Å². The number of carbonyl (C=O) groups excluding carboxylic acids is 2. The van der Waals surface area contributed by atoms with Crippen molar-refractivity contribution in [1.29, 1.82) is 0 Å². The molecule has 2 aromatic carbocycles. The van der Waals surface area contributed by atoms with Crippen LogP contribution in [0.4, 0.5) is 11.4 Å². The van der Waals surface area contributed by atoms with Crippen molar-refractivity contribution in [3.05, 3.63) is 97.6 Å². The predicted molar refractivity (Wildman–Crippen MR) is 127 cm³/mol. The highest BCUT2D eigenvalue weighted by Crippen LogP contribution is 2.25. The highest BCUT2D eigenvalue weighted by atomic mass is 35.5. The molecule has 2 amide bonds. The van der Waals surface area contributed by atoms with E-state index in [1.165, 1.54) is 23.5 Å². The third-order valence-corrected chi connectivity index (χ3v) is 5.68. The Labute approximate surface area is 192 Å². The van der Waals surface area contributed by atoms with Crippen molar-refractivity contribution in [3.8, 4) is 11.4 Å². The van der Waals surface area contributed by atoms with Crippen LogP contribution < -0.4 is 16.2 Å². The molecule has 3 N–H and O–H groups in total. The lowest BCUT2D eigenvalue weighted by Gasteiger charge is -2.10. The van der Waals surface area contributed by atoms with Crippen molar-refractivity contribution in [2.75, 3.05) is 10.6 Å². The molecule has 0 bridgehead atoms. The molecule has 0 atom stereocenters. The number of carbonyl (C=O) groups is 2. The van der Waals surface area contributed by atoms with Crippen LogP contribution in [0.1, 0.15) is 25.7 Å². The van der Waals surface area contributed by atoms with Gasteiger partial charge >= 0.3 is 0 Å². The van der Waals surface area contributed by atoms with E-state index in [-0.39, 0.29) is 17.4 Å². The summed E-state index contributed by atoms with van der Waals surface area (Å²) < 4.78 is 0. The number of thiophene rings is 1. The van der Waals surface area contributed by atoms with E-state index in [0.717, 1.165) is 0 Å². The van der Waals surface area contributed by atoms with E-state index in [9.17, 15) is 14.4 Å². The van der Waals surface area contributed by atoms with Gasteiger partial charge in [-0.3, -0.25) is 14.4 Å². The molecule has 7 nitrogen and oxygen atoms in total. The Kier molecular flexibility index (Phi) is 6.16. The number of nitrogens with zero attached hydrogens (tertiary/aromatic N) is 1. The molecule has 0 aliphatic heterocycles. The van der Waals surface area contributed by atoms with Crippen molar-refractivity contribution in [2.45, 2.75) is 6.92 Å². The molecule has 32 heavy (non-hydrogen) atoms. The van der Waals surface area contributed by atoms with Gasteiger partial charge in [-0.1, -0.05) is 29.8 Å². The number of hydrogen-bond acceptors (Lipinski definition) is 5. The number of rotatable bonds is 5. The van der Waals surface area contributed by atoms with Gasteiger partial charge in [-0.25, -0.2) is 4.98 Å². The van der Waals surface area contributed by atoms with Gasteiger partial charge in [0.2, 0.25) is 0 Å². The number of amides is 2. The Bertz CT molecular complexity index is 1370. The highest BCUT2D eigenvalue weighted by molar-refractivity contribution is 7.12. The minimum Gasteiger partial charge on any atom is -0.322 e. The molecule has 4 rings (SSSR count). The van der Waals surface area contributed by atoms with Crippen molar-refractivity contribution in [3.63, 3.8) is 0 Å². The quantitative estimate of drug-likeness (QED) is 0.388. The number of aromatic amines is 1. The average molecular weight is 465 g/mol. The maximum absolute atomic E-state index is 12.8. The fraction of sp³-hybridized carbons (Fsp3) is 0.0435. The summed E-state index contributed by atoms with van der Waals surface area (Å²) in [5, 5.41) is 7.67. The Hall–Kier alpha value is -3.75. The minimum absolute atomic E-state index is 0.250. The second-order valence-electron chi connectivity index (χ2n) is 6.90. The summed E-state index contributed by atoms with van der Waals surface area (Å²) >= 11 is 7.51. The average Bonchev–Trinajstić information content (AvgIpc) is 3.30. The van der Waals surface area contributed by atoms with Crippen LogP contribution in [0.25, 0.3) is 11.4 Å². The standard InChI is InChI=1S/C23H17ClN4O3S/c1-13-10-20(29)28-21(25-13)14-4-2-5-16(11-14)26-22(30)15-7-8-17(24)18(12-15)27-23(31)19-6-3-9-32-19/h2-12H,1H3,(H,26,30)(H,27,31)(H,25,28,29). The molecule has 0 saturated heterocycles. The molecule has 0 aliphatic rings. The van der Waals surface area contributed by atoms with Crippen molar-refractivity contribution in [2.24, 2.45) is 0 Å². The van der Waals surface area contributed by atoms with Crippen LogP contribution in [-0.2, 0) is 0 Å². The zero-order valence-electron chi connectivity index (χ0n) is 16.8. The fourth-order valence-electron chi connectivity index (χ4n) is 3.02. The SMILES string of the molecule is Cc1cc(=O)[nH]c(-c2cccc(NC(=O)c3ccc(Cl)c(NC(=O)c4cccs4)c3)c2)n1. The molecule has 160 valence electrons. The Morgan fingerprint density at radius 3 is 2.59 bits per heavy atom. The summed E-state index contributed by atoms with van der Waals surface area (Å²) in [6.07, 6.45) is 0. The number of aromatic nitrogens is 2. The van der Waals surface area contributed by atoms with Crippen molar-refractivity contribution in [1.82, 2.24) is 9.97 Å². The summed E-state index contributed by atoms with van der Waals surface area (Å²) in [7, 11) is 0. The van der Waals surface area contributed by atoms with Gasteiger partial charge in [0.1, 0.15) is 5.82 Å². The minimum atomic E-state index is -0.379. The number of H-pyrrole nitrogens is 1. The lowest BCUT2D eigenvalue weighted by atomic mass is 10.1. The summed E-state index contributed by atoms with van der Waals surface area (Å²) in [6, 6.07) is 16.5. The van der Waals surface area contributed by atoms with E-state index in [4.69, 9.17) is 11.6 Å². The zero-order chi connectivity index (χ0) is 22.7.